The molecule has 0 aliphatic carbocycles. The van der Waals surface area contributed by atoms with E-state index >= 15 is 0 Å². The van der Waals surface area contributed by atoms with E-state index in [-0.39, 0.29) is 11.9 Å². The molecule has 0 aliphatic heterocycles. The fourth-order valence-electron chi connectivity index (χ4n) is 2.51. The van der Waals surface area contributed by atoms with Crippen molar-refractivity contribution >= 4 is 28.3 Å². The second-order valence-corrected chi connectivity index (χ2v) is 6.09. The monoisotopic (exact) mass is 289 g/mol. The molecule has 0 aliphatic rings. The van der Waals surface area contributed by atoms with E-state index in [4.69, 9.17) is 5.73 Å². The molecule has 0 radical (unpaired) electrons. The topological polar surface area (TPSA) is 43.8 Å². The fourth-order valence-corrected chi connectivity index (χ4v) is 3.34. The van der Waals surface area contributed by atoms with Crippen molar-refractivity contribution in [3.63, 3.8) is 0 Å². The molecule has 0 saturated heterocycles. The van der Waals surface area contributed by atoms with Crippen molar-refractivity contribution in [2.75, 3.05) is 5.73 Å². The van der Waals surface area contributed by atoms with E-state index in [9.17, 15) is 4.39 Å². The van der Waals surface area contributed by atoms with E-state index in [1.54, 1.807) is 18.3 Å². The lowest BCUT2D eigenvalue weighted by Gasteiger charge is -2.15. The predicted octanol–water partition coefficient (Wildman–Crippen LogP) is 3.93. The molecule has 3 nitrogen and oxygen atoms in total. The van der Waals surface area contributed by atoms with Gasteiger partial charge in [-0.25, -0.2) is 9.37 Å². The summed E-state index contributed by atoms with van der Waals surface area (Å²) in [6.45, 7) is 3.86. The maximum absolute atomic E-state index is 13.6. The van der Waals surface area contributed by atoms with Crippen LogP contribution in [0.2, 0.25) is 0 Å². The largest absolute Gasteiger partial charge is 0.369 e. The van der Waals surface area contributed by atoms with Crippen LogP contribution in [0.15, 0.2) is 29.6 Å². The average Bonchev–Trinajstić information content (AvgIpc) is 2.97. The first kappa shape index (κ1) is 13.1. The van der Waals surface area contributed by atoms with Crippen molar-refractivity contribution in [3.05, 3.63) is 45.9 Å². The molecule has 0 bridgehead atoms. The molecule has 0 saturated carbocycles. The van der Waals surface area contributed by atoms with E-state index in [2.05, 4.69) is 23.4 Å². The van der Waals surface area contributed by atoms with E-state index in [0.29, 0.717) is 17.0 Å². The lowest BCUT2D eigenvalue weighted by Crippen LogP contribution is -2.10. The van der Waals surface area contributed by atoms with Crippen LogP contribution in [-0.4, -0.2) is 9.55 Å². The van der Waals surface area contributed by atoms with Crippen LogP contribution >= 0.6 is 11.3 Å². The molecule has 1 atom stereocenters. The number of nitrogen functional groups attached to an aromatic ring is 1. The van der Waals surface area contributed by atoms with Gasteiger partial charge in [-0.1, -0.05) is 6.07 Å². The first-order valence-electron chi connectivity index (χ1n) is 6.52. The molecule has 5 heteroatoms. The van der Waals surface area contributed by atoms with E-state index in [1.807, 2.05) is 16.7 Å². The van der Waals surface area contributed by atoms with Crippen molar-refractivity contribution in [1.82, 2.24) is 9.55 Å². The van der Waals surface area contributed by atoms with Crippen LogP contribution in [0.5, 0.6) is 0 Å². The lowest BCUT2D eigenvalue weighted by atomic mass is 10.1. The minimum Gasteiger partial charge on any atom is -0.369 e. The van der Waals surface area contributed by atoms with E-state index in [1.165, 1.54) is 10.9 Å². The van der Waals surface area contributed by atoms with Gasteiger partial charge in [-0.2, -0.15) is 0 Å². The van der Waals surface area contributed by atoms with Gasteiger partial charge in [0.25, 0.3) is 0 Å². The maximum Gasteiger partial charge on any atom is 0.201 e. The van der Waals surface area contributed by atoms with Gasteiger partial charge in [0.2, 0.25) is 5.95 Å². The zero-order valence-electron chi connectivity index (χ0n) is 11.4. The van der Waals surface area contributed by atoms with Crippen LogP contribution in [0, 0.1) is 12.7 Å². The third-order valence-electron chi connectivity index (χ3n) is 3.51. The number of imidazole rings is 1. The van der Waals surface area contributed by atoms with Crippen molar-refractivity contribution in [2.45, 2.75) is 26.3 Å². The van der Waals surface area contributed by atoms with Gasteiger partial charge in [-0.05, 0) is 36.9 Å². The number of hydrogen-bond acceptors (Lipinski definition) is 3. The van der Waals surface area contributed by atoms with Gasteiger partial charge in [-0.3, -0.25) is 0 Å². The molecule has 0 amide bonds. The number of hydrogen-bond donors (Lipinski definition) is 1. The van der Waals surface area contributed by atoms with Gasteiger partial charge in [0.05, 0.1) is 11.0 Å². The van der Waals surface area contributed by atoms with Crippen molar-refractivity contribution in [1.29, 1.82) is 0 Å². The summed E-state index contributed by atoms with van der Waals surface area (Å²) < 4.78 is 15.6. The molecule has 2 N–H and O–H groups in total. The Morgan fingerprint density at radius 1 is 1.45 bits per heavy atom. The highest BCUT2D eigenvalue weighted by Crippen LogP contribution is 2.27. The molecule has 2 aromatic heterocycles. The van der Waals surface area contributed by atoms with E-state index < -0.39 is 0 Å². The molecule has 0 spiro atoms. The Morgan fingerprint density at radius 3 is 2.95 bits per heavy atom. The highest BCUT2D eigenvalue weighted by atomic mass is 32.1. The zero-order valence-corrected chi connectivity index (χ0v) is 12.2. The van der Waals surface area contributed by atoms with Crippen LogP contribution in [0.4, 0.5) is 10.3 Å². The van der Waals surface area contributed by atoms with Gasteiger partial charge in [0, 0.05) is 23.4 Å². The predicted molar refractivity (Wildman–Crippen MR) is 81.6 cm³/mol. The number of benzene rings is 1. The zero-order chi connectivity index (χ0) is 14.3. The number of nitrogens with zero attached hydrogens (tertiary/aromatic N) is 2. The second-order valence-electron chi connectivity index (χ2n) is 5.06. The standard InChI is InChI=1S/C15H16FN3S/c1-9-6-14-13(8-12(9)16)18-15(17)19(14)10(2)7-11-4-3-5-20-11/h3-6,8,10H,7H2,1-2H3,(H2,17,18). The average molecular weight is 289 g/mol. The van der Waals surface area contributed by atoms with Gasteiger partial charge in [0.15, 0.2) is 0 Å². The third-order valence-corrected chi connectivity index (χ3v) is 4.41. The summed E-state index contributed by atoms with van der Waals surface area (Å²) in [6.07, 6.45) is 0.893. The number of thiophene rings is 1. The SMILES string of the molecule is Cc1cc2c(cc1F)nc(N)n2C(C)Cc1cccs1. The van der Waals surface area contributed by atoms with Crippen LogP contribution in [0.3, 0.4) is 0 Å². The summed E-state index contributed by atoms with van der Waals surface area (Å²) >= 11 is 1.73. The summed E-state index contributed by atoms with van der Waals surface area (Å²) in [6, 6.07) is 7.61. The Morgan fingerprint density at radius 2 is 2.25 bits per heavy atom. The number of anilines is 1. The maximum atomic E-state index is 13.6. The summed E-state index contributed by atoms with van der Waals surface area (Å²) in [4.78, 5) is 5.57. The minimum atomic E-state index is -0.243. The molecule has 3 aromatic rings. The summed E-state index contributed by atoms with van der Waals surface area (Å²) in [5, 5.41) is 2.07. The normalized spacial score (nSPS) is 12.9. The third kappa shape index (κ3) is 2.18. The molecular weight excluding hydrogens is 273 g/mol. The minimum absolute atomic E-state index is 0.184. The highest BCUT2D eigenvalue weighted by Gasteiger charge is 2.16. The quantitative estimate of drug-likeness (QED) is 0.794. The lowest BCUT2D eigenvalue weighted by molar-refractivity contribution is 0.570. The molecule has 3 rings (SSSR count). The van der Waals surface area contributed by atoms with E-state index in [0.717, 1.165) is 11.9 Å². The van der Waals surface area contributed by atoms with Crippen molar-refractivity contribution in [2.24, 2.45) is 0 Å². The Kier molecular flexibility index (Phi) is 3.22. The van der Waals surface area contributed by atoms with Crippen LogP contribution in [0.1, 0.15) is 23.4 Å². The molecule has 104 valence electrons. The molecule has 1 unspecified atom stereocenters. The fraction of sp³-hybridized carbons (Fsp3) is 0.267. The van der Waals surface area contributed by atoms with Gasteiger partial charge >= 0.3 is 0 Å². The molecule has 0 fully saturated rings. The van der Waals surface area contributed by atoms with Crippen LogP contribution in [-0.2, 0) is 6.42 Å². The highest BCUT2D eigenvalue weighted by molar-refractivity contribution is 7.09. The van der Waals surface area contributed by atoms with Crippen LogP contribution < -0.4 is 5.73 Å². The molecule has 1 aromatic carbocycles. The number of halogens is 1. The number of aromatic nitrogens is 2. The summed E-state index contributed by atoms with van der Waals surface area (Å²) in [5.41, 5.74) is 8.14. The molecular formula is C15H16FN3S. The molecule has 20 heavy (non-hydrogen) atoms. The Labute approximate surface area is 120 Å². The molecule has 2 heterocycles. The van der Waals surface area contributed by atoms with Gasteiger partial charge < -0.3 is 10.3 Å². The van der Waals surface area contributed by atoms with Crippen molar-refractivity contribution in [3.8, 4) is 0 Å². The number of fused-ring (bicyclic) bond motifs is 1. The number of aryl methyl sites for hydroxylation is 1. The first-order valence-corrected chi connectivity index (χ1v) is 7.40. The Balaban J connectivity index is 2.06. The number of nitrogens with two attached hydrogens (primary N) is 1. The Hall–Kier alpha value is -1.88. The smallest absolute Gasteiger partial charge is 0.201 e. The van der Waals surface area contributed by atoms with Gasteiger partial charge in [-0.15, -0.1) is 11.3 Å². The number of rotatable bonds is 3. The van der Waals surface area contributed by atoms with Gasteiger partial charge in [0.1, 0.15) is 5.82 Å². The Bertz CT molecular complexity index is 746. The first-order chi connectivity index (χ1) is 9.56. The summed E-state index contributed by atoms with van der Waals surface area (Å²) in [7, 11) is 0. The van der Waals surface area contributed by atoms with Crippen LogP contribution in [0.25, 0.3) is 11.0 Å². The van der Waals surface area contributed by atoms with Crippen molar-refractivity contribution < 1.29 is 4.39 Å². The second kappa shape index (κ2) is 4.90. The summed E-state index contributed by atoms with van der Waals surface area (Å²) in [5.74, 6) is 0.196.